The van der Waals surface area contributed by atoms with E-state index in [-0.39, 0.29) is 5.82 Å². The molecule has 0 aliphatic carbocycles. The Labute approximate surface area is 151 Å². The van der Waals surface area contributed by atoms with Gasteiger partial charge in [-0.05, 0) is 31.2 Å². The fraction of sp³-hybridized carbons (Fsp3) is 0.200. The Bertz CT molecular complexity index is 869. The van der Waals surface area contributed by atoms with Crippen LogP contribution in [0.25, 0.3) is 0 Å². The predicted molar refractivity (Wildman–Crippen MR) is 96.8 cm³/mol. The Morgan fingerprint density at radius 1 is 1.00 bits per heavy atom. The van der Waals surface area contributed by atoms with Crippen LogP contribution >= 0.6 is 0 Å². The summed E-state index contributed by atoms with van der Waals surface area (Å²) in [5, 5.41) is 3.22. The maximum absolute atomic E-state index is 14.0. The van der Waals surface area contributed by atoms with Crippen molar-refractivity contribution in [3.8, 4) is 17.4 Å². The first kappa shape index (κ1) is 17.8. The fourth-order valence-electron chi connectivity index (χ4n) is 2.41. The van der Waals surface area contributed by atoms with E-state index in [1.54, 1.807) is 24.5 Å². The zero-order chi connectivity index (χ0) is 18.4. The molecule has 0 spiro atoms. The van der Waals surface area contributed by atoms with E-state index in [9.17, 15) is 4.39 Å². The average Bonchev–Trinajstić information content (AvgIpc) is 2.66. The number of benzene rings is 1. The Hall–Kier alpha value is -2.99. The van der Waals surface area contributed by atoms with Crippen molar-refractivity contribution >= 4 is 0 Å². The molecule has 5 nitrogen and oxygen atoms in total. The SMILES string of the molecule is COc1ccc(CNCc2cccnc2Oc2ccc(C)nc2)c(F)c1. The van der Waals surface area contributed by atoms with Crippen molar-refractivity contribution in [2.75, 3.05) is 7.11 Å². The number of methoxy groups -OCH3 is 1. The number of pyridine rings is 2. The molecule has 0 fully saturated rings. The maximum atomic E-state index is 14.0. The van der Waals surface area contributed by atoms with Gasteiger partial charge in [0.1, 0.15) is 17.3 Å². The van der Waals surface area contributed by atoms with Crippen LogP contribution in [0.15, 0.2) is 54.9 Å². The van der Waals surface area contributed by atoms with E-state index in [1.807, 2.05) is 31.2 Å². The van der Waals surface area contributed by atoms with Gasteiger partial charge in [0.25, 0.3) is 0 Å². The Balaban J connectivity index is 1.64. The number of nitrogens with zero attached hydrogens (tertiary/aromatic N) is 2. The lowest BCUT2D eigenvalue weighted by molar-refractivity contribution is 0.410. The monoisotopic (exact) mass is 353 g/mol. The van der Waals surface area contributed by atoms with E-state index in [0.717, 1.165) is 11.3 Å². The number of hydrogen-bond acceptors (Lipinski definition) is 5. The first-order chi connectivity index (χ1) is 12.7. The average molecular weight is 353 g/mol. The highest BCUT2D eigenvalue weighted by Gasteiger charge is 2.08. The van der Waals surface area contributed by atoms with Crippen LogP contribution in [-0.2, 0) is 13.1 Å². The molecule has 0 aliphatic heterocycles. The van der Waals surface area contributed by atoms with Crippen LogP contribution < -0.4 is 14.8 Å². The number of aryl methyl sites for hydroxylation is 1. The lowest BCUT2D eigenvalue weighted by Crippen LogP contribution is -2.14. The minimum Gasteiger partial charge on any atom is -0.497 e. The molecule has 0 unspecified atom stereocenters. The standard InChI is InChI=1S/C20H20FN3O2/c1-14-5-7-18(13-24-14)26-20-16(4-3-9-23-20)12-22-11-15-6-8-17(25-2)10-19(15)21/h3-10,13,22H,11-12H2,1-2H3. The molecule has 0 amide bonds. The molecule has 2 aromatic heterocycles. The van der Waals surface area contributed by atoms with Crippen LogP contribution in [0.4, 0.5) is 4.39 Å². The van der Waals surface area contributed by atoms with Crippen LogP contribution in [0.5, 0.6) is 17.4 Å². The van der Waals surface area contributed by atoms with Gasteiger partial charge < -0.3 is 14.8 Å². The Kier molecular flexibility index (Phi) is 5.76. The molecule has 0 bridgehead atoms. The summed E-state index contributed by atoms with van der Waals surface area (Å²) in [6.07, 6.45) is 3.33. The Morgan fingerprint density at radius 3 is 2.54 bits per heavy atom. The normalized spacial score (nSPS) is 10.6. The van der Waals surface area contributed by atoms with Gasteiger partial charge >= 0.3 is 0 Å². The Morgan fingerprint density at radius 2 is 1.81 bits per heavy atom. The lowest BCUT2D eigenvalue weighted by atomic mass is 10.2. The van der Waals surface area contributed by atoms with Gasteiger partial charge in [-0.25, -0.2) is 9.37 Å². The molecule has 3 aromatic rings. The third-order valence-corrected chi connectivity index (χ3v) is 3.84. The number of ether oxygens (including phenoxy) is 2. The largest absolute Gasteiger partial charge is 0.497 e. The van der Waals surface area contributed by atoms with Crippen molar-refractivity contribution in [3.63, 3.8) is 0 Å². The number of nitrogens with one attached hydrogen (secondary N) is 1. The second kappa shape index (κ2) is 8.40. The zero-order valence-corrected chi connectivity index (χ0v) is 14.7. The van der Waals surface area contributed by atoms with Crippen LogP contribution in [0.2, 0.25) is 0 Å². The van der Waals surface area contributed by atoms with E-state index >= 15 is 0 Å². The topological polar surface area (TPSA) is 56.3 Å². The lowest BCUT2D eigenvalue weighted by Gasteiger charge is -2.11. The summed E-state index contributed by atoms with van der Waals surface area (Å²) in [5.74, 6) is 1.32. The summed E-state index contributed by atoms with van der Waals surface area (Å²) in [6.45, 7) is 2.79. The van der Waals surface area contributed by atoms with Crippen LogP contribution in [0.3, 0.4) is 0 Å². The summed E-state index contributed by atoms with van der Waals surface area (Å²) in [4.78, 5) is 8.49. The van der Waals surface area contributed by atoms with Crippen molar-refractivity contribution in [1.29, 1.82) is 0 Å². The molecule has 0 radical (unpaired) electrons. The molecule has 3 rings (SSSR count). The molecular weight excluding hydrogens is 333 g/mol. The molecule has 0 atom stereocenters. The first-order valence-corrected chi connectivity index (χ1v) is 8.23. The van der Waals surface area contributed by atoms with Gasteiger partial charge in [-0.3, -0.25) is 4.98 Å². The quantitative estimate of drug-likeness (QED) is 0.695. The molecule has 0 saturated carbocycles. The van der Waals surface area contributed by atoms with E-state index in [0.29, 0.717) is 36.0 Å². The minimum atomic E-state index is -0.301. The number of halogens is 1. The first-order valence-electron chi connectivity index (χ1n) is 8.23. The van der Waals surface area contributed by atoms with Gasteiger partial charge in [-0.15, -0.1) is 0 Å². The summed E-state index contributed by atoms with van der Waals surface area (Å²) in [6, 6.07) is 12.3. The predicted octanol–water partition coefficient (Wildman–Crippen LogP) is 4.01. The zero-order valence-electron chi connectivity index (χ0n) is 14.7. The highest BCUT2D eigenvalue weighted by Crippen LogP contribution is 2.22. The smallest absolute Gasteiger partial charge is 0.223 e. The second-order valence-corrected chi connectivity index (χ2v) is 5.77. The summed E-state index contributed by atoms with van der Waals surface area (Å²) in [7, 11) is 1.51. The van der Waals surface area contributed by atoms with Crippen LogP contribution in [0, 0.1) is 12.7 Å². The maximum Gasteiger partial charge on any atom is 0.223 e. The van der Waals surface area contributed by atoms with E-state index in [4.69, 9.17) is 9.47 Å². The van der Waals surface area contributed by atoms with Crippen molar-refractivity contribution in [2.45, 2.75) is 20.0 Å². The van der Waals surface area contributed by atoms with Gasteiger partial charge in [-0.1, -0.05) is 12.1 Å². The fourth-order valence-corrected chi connectivity index (χ4v) is 2.41. The van der Waals surface area contributed by atoms with Crippen molar-refractivity contribution < 1.29 is 13.9 Å². The van der Waals surface area contributed by atoms with Gasteiger partial charge in [0.2, 0.25) is 5.88 Å². The van der Waals surface area contributed by atoms with Gasteiger partial charge in [0.05, 0.1) is 13.3 Å². The highest BCUT2D eigenvalue weighted by molar-refractivity contribution is 5.32. The molecular formula is C20H20FN3O2. The van der Waals surface area contributed by atoms with Crippen molar-refractivity contribution in [1.82, 2.24) is 15.3 Å². The summed E-state index contributed by atoms with van der Waals surface area (Å²) < 4.78 is 24.8. The molecule has 6 heteroatoms. The van der Waals surface area contributed by atoms with Crippen LogP contribution in [-0.4, -0.2) is 17.1 Å². The molecule has 1 aromatic carbocycles. The summed E-state index contributed by atoms with van der Waals surface area (Å²) in [5.41, 5.74) is 2.36. The highest BCUT2D eigenvalue weighted by atomic mass is 19.1. The summed E-state index contributed by atoms with van der Waals surface area (Å²) >= 11 is 0. The third kappa shape index (κ3) is 4.55. The van der Waals surface area contributed by atoms with E-state index in [1.165, 1.54) is 13.2 Å². The number of aromatic nitrogens is 2. The van der Waals surface area contributed by atoms with E-state index < -0.39 is 0 Å². The van der Waals surface area contributed by atoms with Crippen LogP contribution in [0.1, 0.15) is 16.8 Å². The minimum absolute atomic E-state index is 0.301. The van der Waals surface area contributed by atoms with Crippen molar-refractivity contribution in [2.24, 2.45) is 0 Å². The van der Waals surface area contributed by atoms with Crippen molar-refractivity contribution in [3.05, 3.63) is 77.5 Å². The second-order valence-electron chi connectivity index (χ2n) is 5.77. The molecule has 26 heavy (non-hydrogen) atoms. The van der Waals surface area contributed by atoms with Gasteiger partial charge in [0, 0.05) is 42.2 Å². The number of rotatable bonds is 7. The van der Waals surface area contributed by atoms with Gasteiger partial charge in [-0.2, -0.15) is 0 Å². The number of hydrogen-bond donors (Lipinski definition) is 1. The molecule has 2 heterocycles. The molecule has 0 aliphatic rings. The third-order valence-electron chi connectivity index (χ3n) is 3.84. The molecule has 1 N–H and O–H groups in total. The molecule has 134 valence electrons. The molecule has 0 saturated heterocycles. The van der Waals surface area contributed by atoms with Gasteiger partial charge in [0.15, 0.2) is 0 Å². The van der Waals surface area contributed by atoms with E-state index in [2.05, 4.69) is 15.3 Å².